The fraction of sp³-hybridized carbons (Fsp3) is 0.652. The predicted octanol–water partition coefficient (Wildman–Crippen LogP) is 0.529. The van der Waals surface area contributed by atoms with Crippen LogP contribution in [0.1, 0.15) is 37.7 Å². The van der Waals surface area contributed by atoms with E-state index in [9.17, 15) is 19.8 Å². The van der Waals surface area contributed by atoms with Crippen LogP contribution in [0.4, 0.5) is 0 Å². The van der Waals surface area contributed by atoms with E-state index in [0.29, 0.717) is 45.4 Å². The number of rotatable bonds is 5. The summed E-state index contributed by atoms with van der Waals surface area (Å²) in [6.45, 7) is 3.34. The monoisotopic (exact) mass is 430 g/mol. The van der Waals surface area contributed by atoms with Crippen LogP contribution in [0.2, 0.25) is 0 Å². The van der Waals surface area contributed by atoms with E-state index in [4.69, 9.17) is 0 Å². The predicted molar refractivity (Wildman–Crippen MR) is 116 cm³/mol. The van der Waals surface area contributed by atoms with Crippen molar-refractivity contribution >= 4 is 11.8 Å². The molecule has 2 amide bonds. The van der Waals surface area contributed by atoms with Crippen molar-refractivity contribution in [3.8, 4) is 5.75 Å². The molecule has 31 heavy (non-hydrogen) atoms. The molecule has 3 heterocycles. The van der Waals surface area contributed by atoms with E-state index in [0.717, 1.165) is 24.9 Å². The van der Waals surface area contributed by atoms with Crippen LogP contribution in [0.15, 0.2) is 24.3 Å². The first-order valence-electron chi connectivity index (χ1n) is 11.4. The molecule has 1 aromatic rings. The maximum Gasteiger partial charge on any atom is 0.239 e. The fourth-order valence-electron chi connectivity index (χ4n) is 5.23. The third-order valence-electron chi connectivity index (χ3n) is 7.18. The largest absolute Gasteiger partial charge is 0.508 e. The molecular weight excluding hydrogens is 396 g/mol. The topological polar surface area (TPSA) is 96.3 Å². The minimum absolute atomic E-state index is 0.0620. The van der Waals surface area contributed by atoms with Crippen molar-refractivity contribution in [2.75, 3.05) is 33.2 Å². The van der Waals surface area contributed by atoms with Gasteiger partial charge in [-0.2, -0.15) is 0 Å². The van der Waals surface area contributed by atoms with Gasteiger partial charge in [-0.25, -0.2) is 0 Å². The summed E-state index contributed by atoms with van der Waals surface area (Å²) in [4.78, 5) is 31.9. The highest BCUT2D eigenvalue weighted by Crippen LogP contribution is 2.29. The summed E-state index contributed by atoms with van der Waals surface area (Å²) in [5.41, 5.74) is 1.08. The molecule has 0 spiro atoms. The van der Waals surface area contributed by atoms with Gasteiger partial charge in [0.2, 0.25) is 11.8 Å². The van der Waals surface area contributed by atoms with Crippen LogP contribution >= 0.6 is 0 Å². The molecule has 3 N–H and O–H groups in total. The van der Waals surface area contributed by atoms with Crippen molar-refractivity contribution in [3.63, 3.8) is 0 Å². The van der Waals surface area contributed by atoms with Crippen molar-refractivity contribution in [1.29, 1.82) is 0 Å². The second-order valence-electron chi connectivity index (χ2n) is 9.15. The minimum atomic E-state index is -0.281. The van der Waals surface area contributed by atoms with Gasteiger partial charge in [-0.15, -0.1) is 0 Å². The lowest BCUT2D eigenvalue weighted by Crippen LogP contribution is -2.49. The van der Waals surface area contributed by atoms with Gasteiger partial charge in [0, 0.05) is 51.2 Å². The Balaban J connectivity index is 1.35. The first-order valence-corrected chi connectivity index (χ1v) is 11.4. The van der Waals surface area contributed by atoms with Crippen LogP contribution in [0.25, 0.3) is 0 Å². The third kappa shape index (κ3) is 5.02. The number of aliphatic hydroxyl groups is 1. The molecule has 8 heteroatoms. The fourth-order valence-corrected chi connectivity index (χ4v) is 5.23. The van der Waals surface area contributed by atoms with Crippen LogP contribution in [0.5, 0.6) is 5.75 Å². The Morgan fingerprint density at radius 2 is 1.84 bits per heavy atom. The van der Waals surface area contributed by atoms with Crippen LogP contribution in [-0.4, -0.2) is 94.2 Å². The number of nitrogens with one attached hydrogen (secondary N) is 1. The number of hydrogen-bond donors (Lipinski definition) is 3. The molecule has 0 saturated carbocycles. The highest BCUT2D eigenvalue weighted by Gasteiger charge is 2.45. The minimum Gasteiger partial charge on any atom is -0.508 e. The molecule has 3 aliphatic heterocycles. The van der Waals surface area contributed by atoms with Crippen LogP contribution in [0.3, 0.4) is 0 Å². The van der Waals surface area contributed by atoms with Crippen molar-refractivity contribution in [1.82, 2.24) is 20.0 Å². The molecule has 1 aromatic carbocycles. The molecule has 3 fully saturated rings. The van der Waals surface area contributed by atoms with E-state index in [2.05, 4.69) is 22.2 Å². The smallest absolute Gasteiger partial charge is 0.239 e. The first kappa shape index (κ1) is 22.0. The summed E-state index contributed by atoms with van der Waals surface area (Å²) in [5, 5.41) is 22.3. The lowest BCUT2D eigenvalue weighted by atomic mass is 10.0. The van der Waals surface area contributed by atoms with Crippen molar-refractivity contribution in [2.24, 2.45) is 0 Å². The summed E-state index contributed by atoms with van der Waals surface area (Å²) in [7, 11) is 2.08. The van der Waals surface area contributed by atoms with E-state index in [1.165, 1.54) is 0 Å². The van der Waals surface area contributed by atoms with Crippen LogP contribution < -0.4 is 5.32 Å². The van der Waals surface area contributed by atoms with Gasteiger partial charge in [-0.3, -0.25) is 19.4 Å². The van der Waals surface area contributed by atoms with Gasteiger partial charge >= 0.3 is 0 Å². The number of piperidine rings is 1. The van der Waals surface area contributed by atoms with Gasteiger partial charge in [0.25, 0.3) is 0 Å². The molecule has 4 rings (SSSR count). The summed E-state index contributed by atoms with van der Waals surface area (Å²) in [5.74, 6) is 0.452. The Bertz CT molecular complexity index is 778. The second kappa shape index (κ2) is 9.54. The second-order valence-corrected chi connectivity index (χ2v) is 9.15. The molecular formula is C23H34N4O4. The number of carbonyl (C=O) groups excluding carboxylic acids is 2. The Labute approximate surface area is 183 Å². The van der Waals surface area contributed by atoms with E-state index in [1.54, 1.807) is 12.1 Å². The first-order chi connectivity index (χ1) is 14.9. The van der Waals surface area contributed by atoms with Gasteiger partial charge in [0.1, 0.15) is 11.8 Å². The van der Waals surface area contributed by atoms with E-state index in [-0.39, 0.29) is 41.8 Å². The van der Waals surface area contributed by atoms with Crippen molar-refractivity contribution in [3.05, 3.63) is 29.8 Å². The maximum atomic E-state index is 12.9. The molecule has 0 radical (unpaired) electrons. The number of aromatic hydroxyl groups is 1. The van der Waals surface area contributed by atoms with Gasteiger partial charge in [0.15, 0.2) is 0 Å². The molecule has 3 atom stereocenters. The summed E-state index contributed by atoms with van der Waals surface area (Å²) >= 11 is 0. The quantitative estimate of drug-likeness (QED) is 0.631. The van der Waals surface area contributed by atoms with E-state index < -0.39 is 0 Å². The van der Waals surface area contributed by atoms with Gasteiger partial charge in [-0.1, -0.05) is 12.1 Å². The number of nitrogens with zero attached hydrogens (tertiary/aromatic N) is 3. The molecule has 170 valence electrons. The summed E-state index contributed by atoms with van der Waals surface area (Å²) in [6, 6.07) is 7.21. The maximum absolute atomic E-state index is 12.9. The third-order valence-corrected chi connectivity index (χ3v) is 7.18. The average Bonchev–Trinajstić information content (AvgIpc) is 3.13. The highest BCUT2D eigenvalue weighted by atomic mass is 16.3. The number of likely N-dealkylation sites (tertiary alicyclic amines) is 2. The number of likely N-dealkylation sites (N-methyl/N-ethyl adjacent to an activating group) is 1. The Morgan fingerprint density at radius 3 is 2.55 bits per heavy atom. The number of fused-ring (bicyclic) bond motifs is 1. The number of amides is 2. The average molecular weight is 431 g/mol. The SMILES string of the molecule is CN1[C@@H](CCC(=O)N2CCC(O)CC2)CNC(=O)[C@@H]2[C@@H]1CCN2Cc1ccc(O)cc1. The van der Waals surface area contributed by atoms with Crippen LogP contribution in [0, 0.1) is 0 Å². The molecule has 8 nitrogen and oxygen atoms in total. The Hall–Kier alpha value is -2.16. The lowest BCUT2D eigenvalue weighted by molar-refractivity contribution is -0.133. The molecule has 0 unspecified atom stereocenters. The Kier molecular flexibility index (Phi) is 6.79. The van der Waals surface area contributed by atoms with E-state index in [1.807, 2.05) is 17.0 Å². The van der Waals surface area contributed by atoms with Crippen molar-refractivity contribution in [2.45, 2.75) is 62.9 Å². The van der Waals surface area contributed by atoms with Crippen LogP contribution in [-0.2, 0) is 16.1 Å². The zero-order valence-corrected chi connectivity index (χ0v) is 18.2. The molecule has 3 saturated heterocycles. The zero-order chi connectivity index (χ0) is 22.0. The standard InChI is InChI=1S/C23H34N4O4/c1-25-17(4-7-21(30)26-11-8-19(29)9-12-26)14-24-23(31)22-20(25)10-13-27(22)15-16-2-5-18(28)6-3-16/h2-3,5-6,17,19-20,22,28-29H,4,7-15H2,1H3,(H,24,31)/t17-,20-,22-/m0/s1. The molecule has 0 bridgehead atoms. The van der Waals surface area contributed by atoms with Gasteiger partial charge in [0.05, 0.1) is 6.10 Å². The van der Waals surface area contributed by atoms with Crippen molar-refractivity contribution < 1.29 is 19.8 Å². The zero-order valence-electron chi connectivity index (χ0n) is 18.2. The number of aliphatic hydroxyl groups excluding tert-OH is 1. The van der Waals surface area contributed by atoms with Gasteiger partial charge in [-0.05, 0) is 50.4 Å². The summed E-state index contributed by atoms with van der Waals surface area (Å²) in [6.07, 6.45) is 3.14. The van der Waals surface area contributed by atoms with Gasteiger partial charge < -0.3 is 20.4 Å². The molecule has 3 aliphatic rings. The number of phenols is 1. The summed E-state index contributed by atoms with van der Waals surface area (Å²) < 4.78 is 0. The number of phenolic OH excluding ortho intramolecular Hbond substituents is 1. The number of carbonyl (C=O) groups is 2. The molecule has 0 aliphatic carbocycles. The van der Waals surface area contributed by atoms with E-state index >= 15 is 0 Å². The Morgan fingerprint density at radius 1 is 1.13 bits per heavy atom. The lowest BCUT2D eigenvalue weighted by Gasteiger charge is -2.34. The number of hydrogen-bond acceptors (Lipinski definition) is 6. The highest BCUT2D eigenvalue weighted by molar-refractivity contribution is 5.83. The normalized spacial score (nSPS) is 28.3. The molecule has 0 aromatic heterocycles. The number of benzene rings is 1.